The highest BCUT2D eigenvalue weighted by Crippen LogP contribution is 2.37. The molecule has 3 nitrogen and oxygen atoms in total. The molecule has 1 N–H and O–H groups in total. The van der Waals surface area contributed by atoms with E-state index in [9.17, 15) is 18.3 Å². The average Bonchev–Trinajstić information content (AvgIpc) is 2.80. The van der Waals surface area contributed by atoms with Gasteiger partial charge in [-0.2, -0.15) is 13.2 Å². The van der Waals surface area contributed by atoms with Crippen molar-refractivity contribution in [1.82, 2.24) is 4.98 Å². The number of alkyl halides is 3. The first-order valence-electron chi connectivity index (χ1n) is 6.28. The van der Waals surface area contributed by atoms with E-state index in [1.54, 1.807) is 0 Å². The van der Waals surface area contributed by atoms with Gasteiger partial charge in [0.2, 0.25) is 5.89 Å². The maximum atomic E-state index is 13.0. The highest BCUT2D eigenvalue weighted by atomic mass is 19.4. The lowest BCUT2D eigenvalue weighted by Crippen LogP contribution is -2.17. The smallest absolute Gasteiger partial charge is 0.417 e. The third-order valence-electron chi connectivity index (χ3n) is 3.38. The van der Waals surface area contributed by atoms with E-state index < -0.39 is 17.8 Å². The van der Waals surface area contributed by atoms with Crippen LogP contribution < -0.4 is 0 Å². The summed E-state index contributed by atoms with van der Waals surface area (Å²) in [6, 6.07) is 5.20. The van der Waals surface area contributed by atoms with Gasteiger partial charge < -0.3 is 9.52 Å². The molecule has 0 saturated carbocycles. The normalized spacial score (nSPS) is 18.9. The molecule has 0 bridgehead atoms. The Bertz CT molecular complexity index is 634. The summed E-state index contributed by atoms with van der Waals surface area (Å²) < 4.78 is 44.3. The number of aryl methyl sites for hydroxylation is 1. The van der Waals surface area contributed by atoms with Crippen molar-refractivity contribution in [1.29, 1.82) is 0 Å². The molecule has 0 radical (unpaired) electrons. The van der Waals surface area contributed by atoms with E-state index in [0.29, 0.717) is 30.7 Å². The largest absolute Gasteiger partial charge is 0.441 e. The number of oxazole rings is 1. The van der Waals surface area contributed by atoms with E-state index in [1.165, 1.54) is 18.2 Å². The maximum absolute atomic E-state index is 13.0. The second-order valence-electron chi connectivity index (χ2n) is 4.83. The zero-order chi connectivity index (χ0) is 14.3. The van der Waals surface area contributed by atoms with Crippen LogP contribution in [0.5, 0.6) is 0 Å². The molecule has 2 aromatic rings. The quantitative estimate of drug-likeness (QED) is 0.874. The Kier molecular flexibility index (Phi) is 3.05. The van der Waals surface area contributed by atoms with Crippen molar-refractivity contribution in [3.8, 4) is 11.5 Å². The number of halogens is 3. The molecule has 3 rings (SSSR count). The number of rotatable bonds is 1. The second-order valence-corrected chi connectivity index (χ2v) is 4.83. The van der Waals surface area contributed by atoms with Gasteiger partial charge in [-0.25, -0.2) is 4.98 Å². The predicted molar refractivity (Wildman–Crippen MR) is 65.0 cm³/mol. The number of aliphatic hydroxyl groups excluding tert-OH is 1. The minimum absolute atomic E-state index is 0.0305. The molecule has 1 aromatic carbocycles. The molecule has 1 aromatic heterocycles. The van der Waals surface area contributed by atoms with E-state index in [1.807, 2.05) is 0 Å². The number of hydrogen-bond donors (Lipinski definition) is 1. The molecule has 1 heterocycles. The Hall–Kier alpha value is -1.82. The van der Waals surface area contributed by atoms with Gasteiger partial charge in [-0.1, -0.05) is 12.1 Å². The van der Waals surface area contributed by atoms with E-state index in [0.717, 1.165) is 6.07 Å². The van der Waals surface area contributed by atoms with E-state index in [2.05, 4.69) is 4.98 Å². The standard InChI is InChI=1S/C14H12F3NO2/c15-14(16,17)10-4-2-1-3-9(10)13-18-11-6-5-8(19)7-12(11)20-13/h1-4,8,19H,5-7H2. The van der Waals surface area contributed by atoms with Crippen LogP contribution in [-0.4, -0.2) is 16.2 Å². The van der Waals surface area contributed by atoms with E-state index in [-0.39, 0.29) is 11.5 Å². The number of fused-ring (bicyclic) bond motifs is 1. The van der Waals surface area contributed by atoms with Crippen molar-refractivity contribution >= 4 is 0 Å². The fraction of sp³-hybridized carbons (Fsp3) is 0.357. The predicted octanol–water partition coefficient (Wildman–Crippen LogP) is 3.21. The first kappa shape index (κ1) is 13.2. The molecular formula is C14H12F3NO2. The second kappa shape index (κ2) is 4.63. The Morgan fingerprint density at radius 3 is 2.75 bits per heavy atom. The SMILES string of the molecule is OC1CCc2nc(-c3ccccc3C(F)(F)F)oc2C1. The molecule has 6 heteroatoms. The number of benzene rings is 1. The Morgan fingerprint density at radius 1 is 1.25 bits per heavy atom. The fourth-order valence-corrected chi connectivity index (χ4v) is 2.39. The summed E-state index contributed by atoms with van der Waals surface area (Å²) in [6.07, 6.45) is -3.59. The van der Waals surface area contributed by atoms with Crippen molar-refractivity contribution in [2.45, 2.75) is 31.5 Å². The molecule has 0 spiro atoms. The number of aromatic nitrogens is 1. The zero-order valence-electron chi connectivity index (χ0n) is 10.4. The first-order chi connectivity index (χ1) is 9.45. The molecule has 0 saturated heterocycles. The van der Waals surface area contributed by atoms with Gasteiger partial charge in [0, 0.05) is 12.0 Å². The van der Waals surface area contributed by atoms with Gasteiger partial charge in [-0.05, 0) is 25.0 Å². The van der Waals surface area contributed by atoms with Gasteiger partial charge in [0.05, 0.1) is 17.4 Å². The Balaban J connectivity index is 2.07. The highest BCUT2D eigenvalue weighted by molar-refractivity contribution is 5.60. The van der Waals surface area contributed by atoms with Crippen LogP contribution in [0.15, 0.2) is 28.7 Å². The maximum Gasteiger partial charge on any atom is 0.417 e. The average molecular weight is 283 g/mol. The summed E-state index contributed by atoms with van der Waals surface area (Å²) in [7, 11) is 0. The van der Waals surface area contributed by atoms with E-state index >= 15 is 0 Å². The van der Waals surface area contributed by atoms with Gasteiger partial charge in [0.1, 0.15) is 5.76 Å². The molecule has 0 fully saturated rings. The summed E-state index contributed by atoms with van der Waals surface area (Å²) in [5.74, 6) is 0.452. The third-order valence-corrected chi connectivity index (χ3v) is 3.38. The van der Waals surface area contributed by atoms with E-state index in [4.69, 9.17) is 4.42 Å². The van der Waals surface area contributed by atoms with Crippen LogP contribution in [-0.2, 0) is 19.0 Å². The molecule has 1 atom stereocenters. The number of nitrogens with zero attached hydrogens (tertiary/aromatic N) is 1. The van der Waals surface area contributed by atoms with Crippen LogP contribution >= 0.6 is 0 Å². The lowest BCUT2D eigenvalue weighted by molar-refractivity contribution is -0.137. The number of aliphatic hydroxyl groups is 1. The summed E-state index contributed by atoms with van der Waals surface area (Å²) in [6.45, 7) is 0. The number of hydrogen-bond acceptors (Lipinski definition) is 3. The lowest BCUT2D eigenvalue weighted by atomic mass is 9.99. The van der Waals surface area contributed by atoms with Gasteiger partial charge in [0.15, 0.2) is 0 Å². The van der Waals surface area contributed by atoms with Crippen LogP contribution in [0.25, 0.3) is 11.5 Å². The van der Waals surface area contributed by atoms with Crippen LogP contribution in [0, 0.1) is 0 Å². The molecule has 0 aliphatic heterocycles. The molecule has 1 aliphatic carbocycles. The molecule has 1 unspecified atom stereocenters. The van der Waals surface area contributed by atoms with Gasteiger partial charge in [0.25, 0.3) is 0 Å². The first-order valence-corrected chi connectivity index (χ1v) is 6.28. The van der Waals surface area contributed by atoms with Crippen LogP contribution in [0.4, 0.5) is 13.2 Å². The summed E-state index contributed by atoms with van der Waals surface area (Å²) in [5.41, 5.74) is -0.190. The summed E-state index contributed by atoms with van der Waals surface area (Å²) in [5, 5.41) is 9.55. The van der Waals surface area contributed by atoms with Gasteiger partial charge in [-0.15, -0.1) is 0 Å². The molecule has 0 amide bonds. The summed E-state index contributed by atoms with van der Waals surface area (Å²) in [4.78, 5) is 4.15. The summed E-state index contributed by atoms with van der Waals surface area (Å²) >= 11 is 0. The van der Waals surface area contributed by atoms with Crippen LogP contribution in [0.1, 0.15) is 23.4 Å². The van der Waals surface area contributed by atoms with Crippen molar-refractivity contribution in [2.75, 3.05) is 0 Å². The molecular weight excluding hydrogens is 271 g/mol. The molecule has 1 aliphatic rings. The van der Waals surface area contributed by atoms with Gasteiger partial charge in [-0.3, -0.25) is 0 Å². The zero-order valence-corrected chi connectivity index (χ0v) is 10.4. The Morgan fingerprint density at radius 2 is 2.00 bits per heavy atom. The van der Waals surface area contributed by atoms with Crippen molar-refractivity contribution in [3.63, 3.8) is 0 Å². The molecule has 106 valence electrons. The van der Waals surface area contributed by atoms with Crippen molar-refractivity contribution in [3.05, 3.63) is 41.3 Å². The van der Waals surface area contributed by atoms with Crippen LogP contribution in [0.3, 0.4) is 0 Å². The molecule has 20 heavy (non-hydrogen) atoms. The van der Waals surface area contributed by atoms with Gasteiger partial charge >= 0.3 is 6.18 Å². The fourth-order valence-electron chi connectivity index (χ4n) is 2.39. The minimum atomic E-state index is -4.45. The third kappa shape index (κ3) is 2.31. The highest BCUT2D eigenvalue weighted by Gasteiger charge is 2.35. The Labute approximate surface area is 113 Å². The topological polar surface area (TPSA) is 46.3 Å². The monoisotopic (exact) mass is 283 g/mol. The lowest BCUT2D eigenvalue weighted by Gasteiger charge is -2.13. The minimum Gasteiger partial charge on any atom is -0.441 e. The van der Waals surface area contributed by atoms with Crippen molar-refractivity contribution < 1.29 is 22.7 Å². The van der Waals surface area contributed by atoms with Crippen LogP contribution in [0.2, 0.25) is 0 Å². The van der Waals surface area contributed by atoms with Crippen molar-refractivity contribution in [2.24, 2.45) is 0 Å².